The van der Waals surface area contributed by atoms with E-state index in [2.05, 4.69) is 0 Å². The van der Waals surface area contributed by atoms with Crippen LogP contribution in [0.1, 0.15) is 25.7 Å². The third-order valence-electron chi connectivity index (χ3n) is 3.40. The van der Waals surface area contributed by atoms with Crippen molar-refractivity contribution >= 4 is 10.0 Å². The van der Waals surface area contributed by atoms with Gasteiger partial charge in [-0.05, 0) is 25.0 Å². The van der Waals surface area contributed by atoms with Gasteiger partial charge in [0.25, 0.3) is 0 Å². The van der Waals surface area contributed by atoms with E-state index in [1.807, 2.05) is 0 Å². The highest BCUT2D eigenvalue weighted by Gasteiger charge is 2.32. The first-order chi connectivity index (χ1) is 8.66. The van der Waals surface area contributed by atoms with E-state index < -0.39 is 10.0 Å². The van der Waals surface area contributed by atoms with Gasteiger partial charge in [-0.15, -0.1) is 0 Å². The second-order valence-corrected chi connectivity index (χ2v) is 6.48. The molecule has 5 heteroatoms. The first-order valence-electron chi connectivity index (χ1n) is 6.34. The zero-order chi connectivity index (χ0) is 13.0. The summed E-state index contributed by atoms with van der Waals surface area (Å²) in [6, 6.07) is 8.49. The van der Waals surface area contributed by atoms with Crippen LogP contribution >= 0.6 is 0 Å². The summed E-state index contributed by atoms with van der Waals surface area (Å²) >= 11 is 0. The molecule has 1 aromatic carbocycles. The lowest BCUT2D eigenvalue weighted by atomic mass is 10.2. The molecule has 0 atom stereocenters. The summed E-state index contributed by atoms with van der Waals surface area (Å²) in [5, 5.41) is 9.10. The second kappa shape index (κ2) is 5.82. The summed E-state index contributed by atoms with van der Waals surface area (Å²) in [5.74, 6) is 0. The Morgan fingerprint density at radius 3 is 2.33 bits per heavy atom. The molecule has 100 valence electrons. The van der Waals surface area contributed by atoms with E-state index in [4.69, 9.17) is 5.11 Å². The number of sulfonamides is 1. The van der Waals surface area contributed by atoms with Crippen LogP contribution in [0.4, 0.5) is 0 Å². The van der Waals surface area contributed by atoms with Crippen LogP contribution in [0.2, 0.25) is 0 Å². The third kappa shape index (κ3) is 2.74. The topological polar surface area (TPSA) is 57.6 Å². The van der Waals surface area contributed by atoms with Gasteiger partial charge in [0, 0.05) is 12.6 Å². The Hall–Kier alpha value is -0.910. The molecule has 0 spiro atoms. The maximum atomic E-state index is 12.5. The monoisotopic (exact) mass is 269 g/mol. The number of hydrogen-bond acceptors (Lipinski definition) is 3. The van der Waals surface area contributed by atoms with Crippen LogP contribution in [0.3, 0.4) is 0 Å². The van der Waals surface area contributed by atoms with Crippen LogP contribution in [-0.2, 0) is 10.0 Å². The minimum Gasteiger partial charge on any atom is -0.395 e. The average molecular weight is 269 g/mol. The fraction of sp³-hybridized carbons (Fsp3) is 0.538. The van der Waals surface area contributed by atoms with Gasteiger partial charge in [-0.2, -0.15) is 4.31 Å². The molecular formula is C13H19NO3S. The molecule has 0 aromatic heterocycles. The molecule has 0 amide bonds. The normalized spacial score (nSPS) is 17.4. The molecule has 0 unspecified atom stereocenters. The van der Waals surface area contributed by atoms with Crippen molar-refractivity contribution in [2.24, 2.45) is 0 Å². The minimum absolute atomic E-state index is 0.0438. The Labute approximate surface area is 108 Å². The Kier molecular flexibility index (Phi) is 4.37. The average Bonchev–Trinajstić information content (AvgIpc) is 2.90. The molecule has 1 aromatic rings. The fourth-order valence-electron chi connectivity index (χ4n) is 2.52. The van der Waals surface area contributed by atoms with E-state index in [1.165, 1.54) is 4.31 Å². The summed E-state index contributed by atoms with van der Waals surface area (Å²) in [5.41, 5.74) is 0. The van der Waals surface area contributed by atoms with Crippen molar-refractivity contribution in [3.05, 3.63) is 30.3 Å². The number of benzene rings is 1. The molecular weight excluding hydrogens is 250 g/mol. The van der Waals surface area contributed by atoms with Gasteiger partial charge in [-0.3, -0.25) is 0 Å². The van der Waals surface area contributed by atoms with Crippen LogP contribution in [0.15, 0.2) is 35.2 Å². The summed E-state index contributed by atoms with van der Waals surface area (Å²) in [4.78, 5) is 0.311. The highest BCUT2D eigenvalue weighted by atomic mass is 32.2. The van der Waals surface area contributed by atoms with Crippen LogP contribution in [0.25, 0.3) is 0 Å². The molecule has 0 bridgehead atoms. The minimum atomic E-state index is -3.47. The van der Waals surface area contributed by atoms with Gasteiger partial charge in [0.2, 0.25) is 10.0 Å². The van der Waals surface area contributed by atoms with E-state index in [-0.39, 0.29) is 19.2 Å². The highest BCUT2D eigenvalue weighted by Crippen LogP contribution is 2.28. The third-order valence-corrected chi connectivity index (χ3v) is 5.37. The van der Waals surface area contributed by atoms with E-state index in [0.717, 1.165) is 25.7 Å². The summed E-state index contributed by atoms with van der Waals surface area (Å²) in [6.07, 6.45) is 3.92. The van der Waals surface area contributed by atoms with Crippen molar-refractivity contribution in [3.63, 3.8) is 0 Å². The molecule has 18 heavy (non-hydrogen) atoms. The van der Waals surface area contributed by atoms with E-state index in [1.54, 1.807) is 30.3 Å². The number of aliphatic hydroxyl groups is 1. The Morgan fingerprint density at radius 2 is 1.78 bits per heavy atom. The molecule has 1 N–H and O–H groups in total. The summed E-state index contributed by atoms with van der Waals surface area (Å²) in [7, 11) is -3.47. The van der Waals surface area contributed by atoms with Crippen LogP contribution in [0.5, 0.6) is 0 Å². The van der Waals surface area contributed by atoms with Gasteiger partial charge in [0.05, 0.1) is 11.5 Å². The molecule has 0 heterocycles. The molecule has 4 nitrogen and oxygen atoms in total. The lowest BCUT2D eigenvalue weighted by Crippen LogP contribution is -2.40. The summed E-state index contributed by atoms with van der Waals surface area (Å²) in [6.45, 7) is 0.0461. The van der Waals surface area contributed by atoms with Crippen molar-refractivity contribution < 1.29 is 13.5 Å². The fourth-order valence-corrected chi connectivity index (χ4v) is 4.21. The van der Waals surface area contributed by atoms with Gasteiger partial charge in [-0.1, -0.05) is 31.0 Å². The predicted molar refractivity (Wildman–Crippen MR) is 69.7 cm³/mol. The molecule has 0 aliphatic heterocycles. The van der Waals surface area contributed by atoms with E-state index in [0.29, 0.717) is 4.90 Å². The molecule has 1 saturated carbocycles. The number of aliphatic hydroxyl groups excluding tert-OH is 1. The van der Waals surface area contributed by atoms with Gasteiger partial charge >= 0.3 is 0 Å². The van der Waals surface area contributed by atoms with Gasteiger partial charge < -0.3 is 5.11 Å². The van der Waals surface area contributed by atoms with Crippen molar-refractivity contribution in [3.8, 4) is 0 Å². The van der Waals surface area contributed by atoms with Crippen molar-refractivity contribution in [1.29, 1.82) is 0 Å². The maximum absolute atomic E-state index is 12.5. The molecule has 1 aliphatic carbocycles. The Bertz CT molecular complexity index is 466. The molecule has 1 fully saturated rings. The van der Waals surface area contributed by atoms with E-state index in [9.17, 15) is 8.42 Å². The molecule has 1 aliphatic rings. The van der Waals surface area contributed by atoms with E-state index >= 15 is 0 Å². The molecule has 0 saturated heterocycles. The quantitative estimate of drug-likeness (QED) is 0.883. The smallest absolute Gasteiger partial charge is 0.243 e. The van der Waals surface area contributed by atoms with Crippen LogP contribution in [-0.4, -0.2) is 37.0 Å². The number of hydrogen-bond donors (Lipinski definition) is 1. The van der Waals surface area contributed by atoms with Crippen molar-refractivity contribution in [1.82, 2.24) is 4.31 Å². The number of rotatable bonds is 5. The zero-order valence-corrected chi connectivity index (χ0v) is 11.1. The van der Waals surface area contributed by atoms with Gasteiger partial charge in [-0.25, -0.2) is 8.42 Å². The van der Waals surface area contributed by atoms with Crippen molar-refractivity contribution in [2.75, 3.05) is 13.2 Å². The highest BCUT2D eigenvalue weighted by molar-refractivity contribution is 7.89. The lowest BCUT2D eigenvalue weighted by molar-refractivity contribution is 0.226. The Morgan fingerprint density at radius 1 is 1.17 bits per heavy atom. The zero-order valence-electron chi connectivity index (χ0n) is 10.3. The summed E-state index contributed by atoms with van der Waals surface area (Å²) < 4.78 is 26.5. The van der Waals surface area contributed by atoms with Gasteiger partial charge in [0.15, 0.2) is 0 Å². The SMILES string of the molecule is O=S(=O)(c1ccccc1)N(CCO)C1CCCC1. The first-order valence-corrected chi connectivity index (χ1v) is 7.78. The number of nitrogens with zero attached hydrogens (tertiary/aromatic N) is 1. The largest absolute Gasteiger partial charge is 0.395 e. The molecule has 2 rings (SSSR count). The van der Waals surface area contributed by atoms with Crippen molar-refractivity contribution in [2.45, 2.75) is 36.6 Å². The predicted octanol–water partition coefficient (Wildman–Crippen LogP) is 1.61. The van der Waals surface area contributed by atoms with Gasteiger partial charge in [0.1, 0.15) is 0 Å². The Balaban J connectivity index is 2.29. The van der Waals surface area contributed by atoms with Crippen LogP contribution in [0, 0.1) is 0 Å². The molecule has 0 radical (unpaired) electrons. The maximum Gasteiger partial charge on any atom is 0.243 e. The second-order valence-electron chi connectivity index (χ2n) is 4.59. The lowest BCUT2D eigenvalue weighted by Gasteiger charge is -2.27. The standard InChI is InChI=1S/C13H19NO3S/c15-11-10-14(12-6-4-5-7-12)18(16,17)13-8-2-1-3-9-13/h1-3,8-9,12,15H,4-7,10-11H2. The van der Waals surface area contributed by atoms with Crippen LogP contribution < -0.4 is 0 Å². The first kappa shape index (κ1) is 13.5.